The third-order valence-corrected chi connectivity index (χ3v) is 7.30. The number of benzene rings is 3. The Morgan fingerprint density at radius 3 is 2.11 bits per heavy atom. The minimum atomic E-state index is -0.580. The zero-order valence-electron chi connectivity index (χ0n) is 21.2. The third kappa shape index (κ3) is 6.17. The van der Waals surface area contributed by atoms with Gasteiger partial charge in [0, 0.05) is 67.3 Å². The monoisotopic (exact) mass is 537 g/mol. The van der Waals surface area contributed by atoms with Crippen molar-refractivity contribution < 1.29 is 24.2 Å². The summed E-state index contributed by atoms with van der Waals surface area (Å²) in [4.78, 5) is 32.0. The number of imide groups is 1. The van der Waals surface area contributed by atoms with Gasteiger partial charge in [0.2, 0.25) is 0 Å². The predicted molar refractivity (Wildman–Crippen MR) is 146 cm³/mol. The Bertz CT molecular complexity index is 1230. The SMILES string of the molecule is O=C1c2cccc3cccc(c23)C(=O)N1CCN1CCN(CC(O)COCCOc2ccc(Cl)cc2)CC1. The van der Waals surface area contributed by atoms with Crippen LogP contribution in [0.2, 0.25) is 5.02 Å². The summed E-state index contributed by atoms with van der Waals surface area (Å²) >= 11 is 5.86. The second-order valence-electron chi connectivity index (χ2n) is 9.64. The van der Waals surface area contributed by atoms with Crippen molar-refractivity contribution in [3.63, 3.8) is 0 Å². The fourth-order valence-electron chi connectivity index (χ4n) is 5.04. The van der Waals surface area contributed by atoms with Crippen LogP contribution in [-0.4, -0.2) is 103 Å². The van der Waals surface area contributed by atoms with E-state index in [4.69, 9.17) is 21.1 Å². The van der Waals surface area contributed by atoms with Crippen LogP contribution in [0.1, 0.15) is 20.7 Å². The molecule has 1 fully saturated rings. The number of β-amino-alcohol motifs (C(OH)–C–C–N with tert-alkyl or cyclic N) is 1. The molecule has 0 spiro atoms. The Labute approximate surface area is 227 Å². The minimum Gasteiger partial charge on any atom is -0.491 e. The lowest BCUT2D eigenvalue weighted by Crippen LogP contribution is -2.51. The fourth-order valence-corrected chi connectivity index (χ4v) is 5.17. The molecule has 9 heteroatoms. The van der Waals surface area contributed by atoms with Gasteiger partial charge in [-0.25, -0.2) is 0 Å². The molecule has 1 N–H and O–H groups in total. The standard InChI is InChI=1S/C29H32ClN3O5/c30-22-7-9-24(10-8-22)38-18-17-37-20-23(34)19-32-13-11-31(12-14-32)15-16-33-28(35)25-5-1-3-21-4-2-6-26(27(21)25)29(33)36/h1-10,23,34H,11-20H2. The van der Waals surface area contributed by atoms with Crippen molar-refractivity contribution in [3.05, 3.63) is 76.8 Å². The molecular weight excluding hydrogens is 506 g/mol. The first-order valence-corrected chi connectivity index (χ1v) is 13.3. The first-order valence-electron chi connectivity index (χ1n) is 13.0. The number of carbonyl (C=O) groups is 2. The molecule has 2 amide bonds. The van der Waals surface area contributed by atoms with Crippen molar-refractivity contribution in [1.82, 2.24) is 14.7 Å². The maximum absolute atomic E-state index is 13.1. The first kappa shape index (κ1) is 26.6. The molecule has 200 valence electrons. The first-order chi connectivity index (χ1) is 18.5. The van der Waals surface area contributed by atoms with Crippen LogP contribution in [0.3, 0.4) is 0 Å². The Morgan fingerprint density at radius 2 is 1.45 bits per heavy atom. The molecule has 3 aromatic carbocycles. The number of amides is 2. The van der Waals surface area contributed by atoms with Crippen LogP contribution in [0.15, 0.2) is 60.7 Å². The van der Waals surface area contributed by atoms with Crippen molar-refractivity contribution in [3.8, 4) is 5.75 Å². The maximum atomic E-state index is 13.1. The highest BCUT2D eigenvalue weighted by Gasteiger charge is 2.33. The average molecular weight is 538 g/mol. The average Bonchev–Trinajstić information content (AvgIpc) is 2.93. The number of carbonyl (C=O) groups excluding carboxylic acids is 2. The summed E-state index contributed by atoms with van der Waals surface area (Å²) in [6.45, 7) is 5.79. The van der Waals surface area contributed by atoms with Crippen molar-refractivity contribution in [1.29, 1.82) is 0 Å². The van der Waals surface area contributed by atoms with Crippen LogP contribution in [-0.2, 0) is 4.74 Å². The molecule has 0 aliphatic carbocycles. The van der Waals surface area contributed by atoms with Gasteiger partial charge in [-0.1, -0.05) is 35.9 Å². The maximum Gasteiger partial charge on any atom is 0.261 e. The van der Waals surface area contributed by atoms with E-state index in [0.29, 0.717) is 49.0 Å². The zero-order chi connectivity index (χ0) is 26.5. The molecule has 2 aliphatic rings. The van der Waals surface area contributed by atoms with Crippen LogP contribution >= 0.6 is 11.6 Å². The number of hydrogen-bond acceptors (Lipinski definition) is 7. The molecule has 5 rings (SSSR count). The highest BCUT2D eigenvalue weighted by molar-refractivity contribution is 6.30. The number of ether oxygens (including phenoxy) is 2. The highest BCUT2D eigenvalue weighted by Crippen LogP contribution is 2.29. The minimum absolute atomic E-state index is 0.223. The highest BCUT2D eigenvalue weighted by atomic mass is 35.5. The molecule has 0 saturated carbocycles. The number of rotatable bonds is 11. The van der Waals surface area contributed by atoms with E-state index in [9.17, 15) is 14.7 Å². The van der Waals surface area contributed by atoms with E-state index in [1.54, 1.807) is 36.4 Å². The summed E-state index contributed by atoms with van der Waals surface area (Å²) in [5.74, 6) is 0.284. The quantitative estimate of drug-likeness (QED) is 0.297. The van der Waals surface area contributed by atoms with Crippen molar-refractivity contribution in [2.75, 3.05) is 65.6 Å². The summed E-state index contributed by atoms with van der Waals surface area (Å²) in [6, 6.07) is 18.3. The number of aliphatic hydroxyl groups is 1. The van der Waals surface area contributed by atoms with E-state index in [0.717, 1.165) is 42.7 Å². The number of piperazine rings is 1. The summed E-state index contributed by atoms with van der Waals surface area (Å²) < 4.78 is 11.2. The van der Waals surface area contributed by atoms with E-state index in [1.165, 1.54) is 4.90 Å². The van der Waals surface area contributed by atoms with Gasteiger partial charge in [0.05, 0.1) is 19.3 Å². The predicted octanol–water partition coefficient (Wildman–Crippen LogP) is 3.16. The smallest absolute Gasteiger partial charge is 0.261 e. The normalized spacial score (nSPS) is 17.3. The molecule has 8 nitrogen and oxygen atoms in total. The van der Waals surface area contributed by atoms with Gasteiger partial charge in [-0.2, -0.15) is 0 Å². The number of hydrogen-bond donors (Lipinski definition) is 1. The summed E-state index contributed by atoms with van der Waals surface area (Å²) in [6.07, 6.45) is -0.580. The molecular formula is C29H32ClN3O5. The Morgan fingerprint density at radius 1 is 0.816 bits per heavy atom. The van der Waals surface area contributed by atoms with Crippen LogP contribution in [0, 0.1) is 0 Å². The molecule has 1 atom stereocenters. The van der Waals surface area contributed by atoms with Gasteiger partial charge in [-0.05, 0) is 41.8 Å². The van der Waals surface area contributed by atoms with Gasteiger partial charge < -0.3 is 14.6 Å². The molecule has 1 unspecified atom stereocenters. The molecule has 0 bridgehead atoms. The number of nitrogens with zero attached hydrogens (tertiary/aromatic N) is 3. The molecule has 2 aliphatic heterocycles. The van der Waals surface area contributed by atoms with Gasteiger partial charge in [0.25, 0.3) is 11.8 Å². The molecule has 38 heavy (non-hydrogen) atoms. The van der Waals surface area contributed by atoms with E-state index in [1.807, 2.05) is 24.3 Å². The Hall–Kier alpha value is -3.01. The van der Waals surface area contributed by atoms with Crippen molar-refractivity contribution >= 4 is 34.2 Å². The van der Waals surface area contributed by atoms with Crippen molar-refractivity contribution in [2.24, 2.45) is 0 Å². The topological polar surface area (TPSA) is 82.6 Å². The van der Waals surface area contributed by atoms with E-state index in [-0.39, 0.29) is 18.4 Å². The molecule has 0 aromatic heterocycles. The molecule has 0 radical (unpaired) electrons. The lowest BCUT2D eigenvalue weighted by atomic mass is 9.94. The largest absolute Gasteiger partial charge is 0.491 e. The number of aliphatic hydroxyl groups excluding tert-OH is 1. The Kier molecular flexibility index (Phi) is 8.56. The van der Waals surface area contributed by atoms with Gasteiger partial charge in [-0.3, -0.25) is 24.3 Å². The van der Waals surface area contributed by atoms with E-state index in [2.05, 4.69) is 9.80 Å². The molecule has 3 aromatic rings. The molecule has 1 saturated heterocycles. The summed E-state index contributed by atoms with van der Waals surface area (Å²) in [5.41, 5.74) is 1.19. The van der Waals surface area contributed by atoms with E-state index >= 15 is 0 Å². The van der Waals surface area contributed by atoms with Gasteiger partial charge >= 0.3 is 0 Å². The fraction of sp³-hybridized carbons (Fsp3) is 0.379. The van der Waals surface area contributed by atoms with Gasteiger partial charge in [-0.15, -0.1) is 0 Å². The van der Waals surface area contributed by atoms with Crippen LogP contribution < -0.4 is 4.74 Å². The summed E-state index contributed by atoms with van der Waals surface area (Å²) in [5, 5.41) is 12.7. The van der Waals surface area contributed by atoms with E-state index < -0.39 is 6.10 Å². The lowest BCUT2D eigenvalue weighted by Gasteiger charge is -2.36. The summed E-state index contributed by atoms with van der Waals surface area (Å²) in [7, 11) is 0. The zero-order valence-corrected chi connectivity index (χ0v) is 22.0. The van der Waals surface area contributed by atoms with Gasteiger partial charge in [0.15, 0.2) is 0 Å². The Balaban J connectivity index is 1.01. The van der Waals surface area contributed by atoms with Crippen LogP contribution in [0.5, 0.6) is 5.75 Å². The number of halogens is 1. The van der Waals surface area contributed by atoms with Crippen LogP contribution in [0.4, 0.5) is 0 Å². The van der Waals surface area contributed by atoms with Crippen molar-refractivity contribution in [2.45, 2.75) is 6.10 Å². The third-order valence-electron chi connectivity index (χ3n) is 7.05. The lowest BCUT2D eigenvalue weighted by molar-refractivity contribution is -0.000351. The second-order valence-corrected chi connectivity index (χ2v) is 10.1. The van der Waals surface area contributed by atoms with Gasteiger partial charge in [0.1, 0.15) is 12.4 Å². The second kappa shape index (κ2) is 12.2. The van der Waals surface area contributed by atoms with Crippen LogP contribution in [0.25, 0.3) is 10.8 Å². The molecule has 2 heterocycles.